The quantitative estimate of drug-likeness (QED) is 0.578. The summed E-state index contributed by atoms with van der Waals surface area (Å²) in [4.78, 5) is 9.08. The molecule has 53 valence electrons. The van der Waals surface area contributed by atoms with E-state index in [-0.39, 0.29) is 9.76 Å². The van der Waals surface area contributed by atoms with Gasteiger partial charge in [-0.05, 0) is 16.9 Å². The Morgan fingerprint density at radius 2 is 2.00 bits per heavy atom. The Bertz CT molecular complexity index is 116. The molecule has 1 unspecified atom stereocenters. The minimum absolute atomic E-state index is 0.302. The Balaban J connectivity index is 2.57. The first-order valence-electron chi connectivity index (χ1n) is 3.56. The summed E-state index contributed by atoms with van der Waals surface area (Å²) in [5.41, 5.74) is 0.450. The molecule has 0 aromatic heterocycles. The molecule has 1 N–H and O–H groups in total. The van der Waals surface area contributed by atoms with Gasteiger partial charge in [0.15, 0.2) is 9.76 Å². The zero-order chi connectivity index (χ0) is 7.12. The predicted octanol–water partition coefficient (Wildman–Crippen LogP) is 1.33. The number of rotatable bonds is 2. The van der Waals surface area contributed by atoms with Crippen LogP contribution in [0.2, 0.25) is 5.04 Å². The van der Waals surface area contributed by atoms with Crippen molar-refractivity contribution in [3.05, 3.63) is 0 Å². The molecule has 1 radical (unpaired) electrons. The molecule has 1 rings (SSSR count). The van der Waals surface area contributed by atoms with Crippen molar-refractivity contribution in [1.82, 2.24) is 0 Å². The minimum Gasteiger partial charge on any atom is -0.434 e. The lowest BCUT2D eigenvalue weighted by molar-refractivity contribution is 0.499. The summed E-state index contributed by atoms with van der Waals surface area (Å²) in [6, 6.07) is 0. The molecule has 0 aromatic rings. The van der Waals surface area contributed by atoms with Crippen LogP contribution in [0.1, 0.15) is 33.6 Å². The Morgan fingerprint density at radius 3 is 2.00 bits per heavy atom. The van der Waals surface area contributed by atoms with Crippen LogP contribution < -0.4 is 0 Å². The first-order chi connectivity index (χ1) is 4.08. The molecule has 1 fully saturated rings. The van der Waals surface area contributed by atoms with Gasteiger partial charge in [-0.3, -0.25) is 0 Å². The summed E-state index contributed by atoms with van der Waals surface area (Å²) in [6.07, 6.45) is 2.40. The van der Waals surface area contributed by atoms with Gasteiger partial charge >= 0.3 is 0 Å². The second kappa shape index (κ2) is 1.83. The molecule has 0 saturated heterocycles. The van der Waals surface area contributed by atoms with Crippen LogP contribution in [-0.2, 0) is 0 Å². The first-order valence-corrected chi connectivity index (χ1v) is 4.66. The van der Waals surface area contributed by atoms with E-state index in [0.717, 1.165) is 6.42 Å². The van der Waals surface area contributed by atoms with Crippen molar-refractivity contribution < 1.29 is 4.80 Å². The normalized spacial score (nSPS) is 38.7. The maximum Gasteiger partial charge on any atom is 0.195 e. The van der Waals surface area contributed by atoms with E-state index in [9.17, 15) is 0 Å². The van der Waals surface area contributed by atoms with Gasteiger partial charge in [0.1, 0.15) is 0 Å². The Labute approximate surface area is 59.4 Å². The van der Waals surface area contributed by atoms with E-state index in [0.29, 0.717) is 10.5 Å². The fourth-order valence-corrected chi connectivity index (χ4v) is 2.79. The van der Waals surface area contributed by atoms with Gasteiger partial charge in [-0.25, -0.2) is 0 Å². The molecule has 1 nitrogen and oxygen atoms in total. The lowest BCUT2D eigenvalue weighted by Gasteiger charge is -2.12. The third-order valence-electron chi connectivity index (χ3n) is 2.86. The molecule has 0 aromatic carbocycles. The van der Waals surface area contributed by atoms with Crippen LogP contribution in [0.15, 0.2) is 0 Å². The highest BCUT2D eigenvalue weighted by Gasteiger charge is 2.59. The summed E-state index contributed by atoms with van der Waals surface area (Å²) in [5, 5.41) is 0.368. The molecule has 1 atom stereocenters. The van der Waals surface area contributed by atoms with E-state index >= 15 is 0 Å². The molecule has 1 aliphatic rings. The number of hydrogen-bond acceptors (Lipinski definition) is 1. The van der Waals surface area contributed by atoms with Crippen LogP contribution >= 0.6 is 0 Å². The van der Waals surface area contributed by atoms with Gasteiger partial charge < -0.3 is 4.80 Å². The van der Waals surface area contributed by atoms with Crippen LogP contribution in [0.4, 0.5) is 0 Å². The number of hydrogen-bond donors (Lipinski definition) is 1. The van der Waals surface area contributed by atoms with Crippen molar-refractivity contribution in [2.75, 3.05) is 0 Å². The second-order valence-electron chi connectivity index (χ2n) is 3.70. The van der Waals surface area contributed by atoms with Gasteiger partial charge in [-0.1, -0.05) is 27.2 Å². The third-order valence-corrected chi connectivity index (χ3v) is 4.75. The van der Waals surface area contributed by atoms with E-state index < -0.39 is 0 Å². The molecule has 2 heteroatoms. The van der Waals surface area contributed by atoms with Gasteiger partial charge in [0, 0.05) is 0 Å². The molecule has 0 bridgehead atoms. The standard InChI is InChI=1S/C7H15OSi/c1-4-7(9-8)5-6(7,2)3/h8-9H,4-5H2,1-3H3. The van der Waals surface area contributed by atoms with Crippen LogP contribution in [-0.4, -0.2) is 14.6 Å². The first kappa shape index (κ1) is 7.29. The molecular weight excluding hydrogens is 128 g/mol. The molecule has 9 heavy (non-hydrogen) atoms. The maximum atomic E-state index is 9.08. The van der Waals surface area contributed by atoms with Crippen molar-refractivity contribution in [2.45, 2.75) is 38.7 Å². The topological polar surface area (TPSA) is 20.2 Å². The van der Waals surface area contributed by atoms with Crippen LogP contribution in [0, 0.1) is 5.41 Å². The Kier molecular flexibility index (Phi) is 1.48. The van der Waals surface area contributed by atoms with Crippen molar-refractivity contribution in [1.29, 1.82) is 0 Å². The lowest BCUT2D eigenvalue weighted by atomic mass is 10.1. The van der Waals surface area contributed by atoms with Crippen LogP contribution in [0.25, 0.3) is 0 Å². The van der Waals surface area contributed by atoms with Gasteiger partial charge in [-0.2, -0.15) is 0 Å². The van der Waals surface area contributed by atoms with E-state index in [1.54, 1.807) is 0 Å². The van der Waals surface area contributed by atoms with Crippen molar-refractivity contribution in [3.8, 4) is 0 Å². The highest BCUT2D eigenvalue weighted by molar-refractivity contribution is 6.33. The summed E-state index contributed by atoms with van der Waals surface area (Å²) in [5.74, 6) is 0. The fourth-order valence-electron chi connectivity index (χ4n) is 1.66. The molecule has 0 heterocycles. The van der Waals surface area contributed by atoms with E-state index in [2.05, 4.69) is 20.8 Å². The summed E-state index contributed by atoms with van der Waals surface area (Å²) < 4.78 is 0. The molecule has 0 amide bonds. The predicted molar refractivity (Wildman–Crippen MR) is 40.7 cm³/mol. The molecular formula is C7H15OSi. The van der Waals surface area contributed by atoms with E-state index in [4.69, 9.17) is 4.80 Å². The molecule has 0 spiro atoms. The average molecular weight is 143 g/mol. The van der Waals surface area contributed by atoms with E-state index in [1.165, 1.54) is 6.42 Å². The van der Waals surface area contributed by atoms with Gasteiger partial charge in [0.25, 0.3) is 0 Å². The second-order valence-corrected chi connectivity index (χ2v) is 5.06. The molecule has 1 saturated carbocycles. The Morgan fingerprint density at radius 1 is 1.56 bits per heavy atom. The highest BCUT2D eigenvalue weighted by Crippen LogP contribution is 2.70. The van der Waals surface area contributed by atoms with Crippen molar-refractivity contribution in [3.63, 3.8) is 0 Å². The SMILES string of the molecule is CCC1([SiH]O)CC1(C)C. The lowest BCUT2D eigenvalue weighted by Crippen LogP contribution is -2.08. The largest absolute Gasteiger partial charge is 0.434 e. The minimum atomic E-state index is -0.302. The Hall–Kier alpha value is 0.177. The summed E-state index contributed by atoms with van der Waals surface area (Å²) >= 11 is 0. The van der Waals surface area contributed by atoms with Crippen LogP contribution in [0.3, 0.4) is 0 Å². The zero-order valence-corrected chi connectivity index (χ0v) is 7.59. The van der Waals surface area contributed by atoms with Crippen LogP contribution in [0.5, 0.6) is 0 Å². The highest BCUT2D eigenvalue weighted by atomic mass is 28.2. The van der Waals surface area contributed by atoms with Crippen molar-refractivity contribution >= 4 is 9.76 Å². The van der Waals surface area contributed by atoms with Gasteiger partial charge in [-0.15, -0.1) is 0 Å². The zero-order valence-electron chi connectivity index (χ0n) is 6.44. The fraction of sp³-hybridized carbons (Fsp3) is 1.00. The summed E-state index contributed by atoms with van der Waals surface area (Å²) in [6.45, 7) is 6.68. The van der Waals surface area contributed by atoms with Gasteiger partial charge in [0.2, 0.25) is 0 Å². The average Bonchev–Trinajstić information content (AvgIpc) is 2.35. The van der Waals surface area contributed by atoms with Crippen molar-refractivity contribution in [2.24, 2.45) is 5.41 Å². The maximum absolute atomic E-state index is 9.08. The molecule has 1 aliphatic carbocycles. The van der Waals surface area contributed by atoms with Gasteiger partial charge in [0.05, 0.1) is 0 Å². The smallest absolute Gasteiger partial charge is 0.195 e. The third kappa shape index (κ3) is 0.848. The summed E-state index contributed by atoms with van der Waals surface area (Å²) in [7, 11) is -0.302. The molecule has 0 aliphatic heterocycles. The van der Waals surface area contributed by atoms with E-state index in [1.807, 2.05) is 0 Å². The monoisotopic (exact) mass is 143 g/mol.